The number of fused-ring (bicyclic) bond motifs is 1. The van der Waals surface area contributed by atoms with Gasteiger partial charge in [-0.1, -0.05) is 18.2 Å². The SMILES string of the molecule is O=CCCC[C@@H]1CCc2cc([C@H]3CC[C@]4(CCCC(=O)N4)C3)ccc2C1. The van der Waals surface area contributed by atoms with Crippen LogP contribution >= 0.6 is 0 Å². The third-order valence-electron chi connectivity index (χ3n) is 7.04. The second-order valence-electron chi connectivity index (χ2n) is 8.86. The van der Waals surface area contributed by atoms with Crippen molar-refractivity contribution in [2.24, 2.45) is 5.92 Å². The average molecular weight is 354 g/mol. The van der Waals surface area contributed by atoms with Gasteiger partial charge in [-0.3, -0.25) is 4.79 Å². The highest BCUT2D eigenvalue weighted by Crippen LogP contribution is 2.45. The molecule has 3 nitrogen and oxygen atoms in total. The zero-order valence-electron chi connectivity index (χ0n) is 15.8. The number of hydrogen-bond acceptors (Lipinski definition) is 2. The van der Waals surface area contributed by atoms with Gasteiger partial charge in [0.15, 0.2) is 0 Å². The van der Waals surface area contributed by atoms with Crippen LogP contribution in [0.3, 0.4) is 0 Å². The Labute approximate surface area is 156 Å². The second-order valence-corrected chi connectivity index (χ2v) is 8.86. The van der Waals surface area contributed by atoms with E-state index in [0.29, 0.717) is 18.8 Å². The van der Waals surface area contributed by atoms with Gasteiger partial charge in [0, 0.05) is 18.4 Å². The molecule has 1 spiro atoms. The van der Waals surface area contributed by atoms with Gasteiger partial charge in [-0.15, -0.1) is 0 Å². The lowest BCUT2D eigenvalue weighted by Gasteiger charge is -2.34. The summed E-state index contributed by atoms with van der Waals surface area (Å²) in [5.41, 5.74) is 4.64. The van der Waals surface area contributed by atoms with Gasteiger partial charge >= 0.3 is 0 Å². The molecule has 3 atom stereocenters. The van der Waals surface area contributed by atoms with Crippen LogP contribution in [0.1, 0.15) is 86.8 Å². The van der Waals surface area contributed by atoms with Crippen molar-refractivity contribution in [1.82, 2.24) is 5.32 Å². The van der Waals surface area contributed by atoms with Crippen molar-refractivity contribution in [3.63, 3.8) is 0 Å². The predicted octanol–water partition coefficient (Wildman–Crippen LogP) is 4.47. The van der Waals surface area contributed by atoms with E-state index in [-0.39, 0.29) is 11.4 Å². The number of amides is 1. The van der Waals surface area contributed by atoms with E-state index in [2.05, 4.69) is 23.5 Å². The van der Waals surface area contributed by atoms with Crippen LogP contribution in [-0.2, 0) is 22.4 Å². The first kappa shape index (κ1) is 17.8. The summed E-state index contributed by atoms with van der Waals surface area (Å²) < 4.78 is 0. The molecule has 0 bridgehead atoms. The van der Waals surface area contributed by atoms with Crippen molar-refractivity contribution in [3.05, 3.63) is 34.9 Å². The summed E-state index contributed by atoms with van der Waals surface area (Å²) in [5.74, 6) is 1.60. The summed E-state index contributed by atoms with van der Waals surface area (Å²) >= 11 is 0. The van der Waals surface area contributed by atoms with Crippen LogP contribution in [0.15, 0.2) is 18.2 Å². The van der Waals surface area contributed by atoms with Gasteiger partial charge in [0.25, 0.3) is 0 Å². The van der Waals surface area contributed by atoms with Crippen molar-refractivity contribution in [3.8, 4) is 0 Å². The number of nitrogens with one attached hydrogen (secondary N) is 1. The van der Waals surface area contributed by atoms with Crippen LogP contribution in [-0.4, -0.2) is 17.7 Å². The maximum absolute atomic E-state index is 11.9. The molecule has 0 unspecified atom stereocenters. The molecule has 4 rings (SSSR count). The fourth-order valence-corrected chi connectivity index (χ4v) is 5.60. The molecule has 1 N–H and O–H groups in total. The van der Waals surface area contributed by atoms with Crippen molar-refractivity contribution < 1.29 is 9.59 Å². The lowest BCUT2D eigenvalue weighted by atomic mass is 9.79. The zero-order valence-corrected chi connectivity index (χ0v) is 15.8. The summed E-state index contributed by atoms with van der Waals surface area (Å²) in [4.78, 5) is 22.4. The molecule has 3 aliphatic rings. The Morgan fingerprint density at radius 3 is 2.92 bits per heavy atom. The predicted molar refractivity (Wildman–Crippen MR) is 103 cm³/mol. The molecular weight excluding hydrogens is 322 g/mol. The average Bonchev–Trinajstić information content (AvgIpc) is 3.04. The highest BCUT2D eigenvalue weighted by molar-refractivity contribution is 5.77. The van der Waals surface area contributed by atoms with Crippen LogP contribution in [0, 0.1) is 5.92 Å². The molecule has 140 valence electrons. The molecule has 1 aliphatic heterocycles. The number of carbonyl (C=O) groups excluding carboxylic acids is 2. The molecule has 1 aromatic rings. The number of carbonyl (C=O) groups is 2. The number of piperidine rings is 1. The smallest absolute Gasteiger partial charge is 0.220 e. The molecule has 1 aromatic carbocycles. The minimum Gasteiger partial charge on any atom is -0.351 e. The molecule has 1 saturated carbocycles. The number of rotatable bonds is 5. The van der Waals surface area contributed by atoms with E-state index in [1.165, 1.54) is 43.2 Å². The summed E-state index contributed by atoms with van der Waals surface area (Å²) in [6.45, 7) is 0. The second kappa shape index (κ2) is 7.54. The molecule has 0 aromatic heterocycles. The molecule has 1 heterocycles. The van der Waals surface area contributed by atoms with Crippen molar-refractivity contribution in [2.45, 2.75) is 88.5 Å². The van der Waals surface area contributed by atoms with Crippen LogP contribution in [0.25, 0.3) is 0 Å². The molecule has 2 fully saturated rings. The minimum absolute atomic E-state index is 0.0829. The van der Waals surface area contributed by atoms with Crippen molar-refractivity contribution in [1.29, 1.82) is 0 Å². The lowest BCUT2D eigenvalue weighted by Crippen LogP contribution is -2.49. The van der Waals surface area contributed by atoms with Crippen molar-refractivity contribution in [2.75, 3.05) is 0 Å². The summed E-state index contributed by atoms with van der Waals surface area (Å²) in [6.07, 6.45) is 14.0. The quantitative estimate of drug-likeness (QED) is 0.627. The van der Waals surface area contributed by atoms with Gasteiger partial charge in [-0.2, -0.15) is 0 Å². The molecule has 26 heavy (non-hydrogen) atoms. The van der Waals surface area contributed by atoms with E-state index in [4.69, 9.17) is 0 Å². The van der Waals surface area contributed by atoms with Gasteiger partial charge in [0.2, 0.25) is 5.91 Å². The van der Waals surface area contributed by atoms with E-state index in [1.807, 2.05) is 0 Å². The zero-order chi connectivity index (χ0) is 18.0. The van der Waals surface area contributed by atoms with E-state index in [9.17, 15) is 9.59 Å². The largest absolute Gasteiger partial charge is 0.351 e. The first-order valence-corrected chi connectivity index (χ1v) is 10.5. The van der Waals surface area contributed by atoms with Crippen LogP contribution in [0.2, 0.25) is 0 Å². The van der Waals surface area contributed by atoms with Crippen molar-refractivity contribution >= 4 is 12.2 Å². The standard InChI is InChI=1S/C23H31NO2/c25-13-2-1-4-17-6-7-19-15-20(9-8-18(19)14-17)21-10-12-23(16-21)11-3-5-22(26)24-23/h8-9,13,15,17,21H,1-7,10-12,14,16H2,(H,24,26)/t17-,21+,23-/m1/s1. The maximum atomic E-state index is 11.9. The first-order chi connectivity index (χ1) is 12.7. The summed E-state index contributed by atoms with van der Waals surface area (Å²) in [5, 5.41) is 3.32. The Morgan fingerprint density at radius 2 is 2.08 bits per heavy atom. The van der Waals surface area contributed by atoms with Gasteiger partial charge in [-0.05, 0) is 92.7 Å². The molecule has 1 amide bonds. The highest BCUT2D eigenvalue weighted by Gasteiger charge is 2.42. The number of unbranched alkanes of at least 4 members (excludes halogenated alkanes) is 1. The highest BCUT2D eigenvalue weighted by atomic mass is 16.1. The number of benzene rings is 1. The van der Waals surface area contributed by atoms with Gasteiger partial charge in [0.1, 0.15) is 6.29 Å². The summed E-state index contributed by atoms with van der Waals surface area (Å²) in [6, 6.07) is 7.17. The van der Waals surface area contributed by atoms with E-state index in [1.54, 1.807) is 5.56 Å². The number of aldehydes is 1. The fraction of sp³-hybridized carbons (Fsp3) is 0.652. The van der Waals surface area contributed by atoms with Gasteiger partial charge in [0.05, 0.1) is 0 Å². The Morgan fingerprint density at radius 1 is 1.15 bits per heavy atom. The molecule has 2 aliphatic carbocycles. The Hall–Kier alpha value is -1.64. The van der Waals surface area contributed by atoms with Crippen LogP contribution < -0.4 is 5.32 Å². The Kier molecular flexibility index (Phi) is 5.15. The lowest BCUT2D eigenvalue weighted by molar-refractivity contribution is -0.125. The van der Waals surface area contributed by atoms with Crippen LogP contribution in [0.4, 0.5) is 0 Å². The summed E-state index contributed by atoms with van der Waals surface area (Å²) in [7, 11) is 0. The Balaban J connectivity index is 1.41. The van der Waals surface area contributed by atoms with E-state index in [0.717, 1.165) is 44.3 Å². The fourth-order valence-electron chi connectivity index (χ4n) is 5.60. The van der Waals surface area contributed by atoms with Gasteiger partial charge < -0.3 is 10.1 Å². The molecule has 3 heteroatoms. The van der Waals surface area contributed by atoms with Gasteiger partial charge in [-0.25, -0.2) is 0 Å². The van der Waals surface area contributed by atoms with E-state index >= 15 is 0 Å². The topological polar surface area (TPSA) is 46.2 Å². The monoisotopic (exact) mass is 353 g/mol. The third kappa shape index (κ3) is 3.72. The van der Waals surface area contributed by atoms with Crippen LogP contribution in [0.5, 0.6) is 0 Å². The number of aryl methyl sites for hydroxylation is 1. The maximum Gasteiger partial charge on any atom is 0.220 e. The molecule has 1 saturated heterocycles. The Bertz CT molecular complexity index is 683. The normalized spacial score (nSPS) is 30.8. The molecule has 0 radical (unpaired) electrons. The third-order valence-corrected chi connectivity index (χ3v) is 7.04. The number of hydrogen-bond donors (Lipinski definition) is 1. The molecular formula is C23H31NO2. The first-order valence-electron chi connectivity index (χ1n) is 10.5. The minimum atomic E-state index is 0.0829. The van der Waals surface area contributed by atoms with E-state index < -0.39 is 0 Å².